The Kier molecular flexibility index (Phi) is 51.6. The number of amides is 8. The third kappa shape index (κ3) is 52.7. The van der Waals surface area contributed by atoms with Crippen molar-refractivity contribution >= 4 is 82.9 Å². The summed E-state index contributed by atoms with van der Waals surface area (Å²) in [6, 6.07) is -6.88. The van der Waals surface area contributed by atoms with E-state index in [9.17, 15) is 87.5 Å². The van der Waals surface area contributed by atoms with Crippen molar-refractivity contribution in [3.05, 3.63) is 0 Å². The smallest absolute Gasteiger partial charge is 0.326 e. The van der Waals surface area contributed by atoms with Gasteiger partial charge < -0.3 is 96.5 Å². The fourth-order valence-electron chi connectivity index (χ4n) is 8.40. The summed E-state index contributed by atoms with van der Waals surface area (Å²) in [6.07, 6.45) is 10.5. The lowest BCUT2D eigenvalue weighted by Gasteiger charge is -2.18. The normalized spacial score (nSPS) is 12.6. The average Bonchev–Trinajstić information content (AvgIpc) is 2.47. The number of unbranched alkanes of at least 4 members (excludes halogenated alkanes) is 13. The Morgan fingerprint density at radius 2 is 0.548 bits per heavy atom. The van der Waals surface area contributed by atoms with Gasteiger partial charge in [0.05, 0.1) is 65.5 Å². The van der Waals surface area contributed by atoms with Gasteiger partial charge in [-0.15, -0.1) is 0 Å². The molecule has 33 heteroatoms. The second kappa shape index (κ2) is 56.1. The molecule has 5 atom stereocenters. The molecule has 0 radical (unpaired) electrons. The van der Waals surface area contributed by atoms with Crippen LogP contribution in [0.1, 0.15) is 168 Å². The lowest BCUT2D eigenvalue weighted by Crippen LogP contribution is -2.45. The van der Waals surface area contributed by atoms with Gasteiger partial charge in [0.25, 0.3) is 0 Å². The minimum Gasteiger partial charge on any atom is -0.481 e. The van der Waals surface area contributed by atoms with Crippen molar-refractivity contribution in [3.63, 3.8) is 0 Å². The number of carbonyl (C=O) groups excluding carboxylic acids is 9. The van der Waals surface area contributed by atoms with E-state index >= 15 is 0 Å². The zero-order chi connectivity index (χ0) is 69.4. The van der Waals surface area contributed by atoms with Crippen LogP contribution >= 0.6 is 0 Å². The summed E-state index contributed by atoms with van der Waals surface area (Å²) in [5.74, 6) is -11.9. The monoisotopic (exact) mass is 1330 g/mol. The SMILES string of the molecule is CC(=O)[C@H](C)NC(=O)COCCOCCNC(=O)COCCOCCNC(=O)COCCOCCNC(=O)CC[C@H](NC(=O)CC[C@@H](NC(=O)CC[C@H](NC(=O)CC[C@@H](NC(=O)CCCCCCCCCCCCCCCCC(=O)O)C(=O)O)C(=O)O)C(=O)O)C(=O)O. The Balaban J connectivity index is 4.27. The molecule has 532 valence electrons. The van der Waals surface area contributed by atoms with Gasteiger partial charge in [-0.05, 0) is 52.4 Å². The molecule has 0 fully saturated rings. The van der Waals surface area contributed by atoms with Gasteiger partial charge >= 0.3 is 29.8 Å². The summed E-state index contributed by atoms with van der Waals surface area (Å²) in [5.41, 5.74) is 0. The number of hydrogen-bond acceptors (Lipinski definition) is 20. The van der Waals surface area contributed by atoms with Gasteiger partial charge in [-0.1, -0.05) is 77.0 Å². The number of hydrogen-bond donors (Lipinski definition) is 13. The van der Waals surface area contributed by atoms with Crippen LogP contribution in [0.4, 0.5) is 0 Å². The molecule has 0 aliphatic heterocycles. The molecule has 0 bridgehead atoms. The molecule has 93 heavy (non-hydrogen) atoms. The molecule has 0 aliphatic carbocycles. The van der Waals surface area contributed by atoms with E-state index in [1.807, 2.05) is 0 Å². The average molecular weight is 1340 g/mol. The van der Waals surface area contributed by atoms with Gasteiger partial charge in [0.1, 0.15) is 44.0 Å². The van der Waals surface area contributed by atoms with Crippen molar-refractivity contribution in [2.75, 3.05) is 98.9 Å². The van der Waals surface area contributed by atoms with E-state index in [-0.39, 0.29) is 143 Å². The Labute approximate surface area is 542 Å². The number of nitrogens with one attached hydrogen (secondary N) is 8. The van der Waals surface area contributed by atoms with Crippen molar-refractivity contribution in [1.82, 2.24) is 42.5 Å². The minimum atomic E-state index is -1.67. The maximum atomic E-state index is 12.7. The second-order valence-corrected chi connectivity index (χ2v) is 21.8. The van der Waals surface area contributed by atoms with E-state index in [2.05, 4.69) is 42.5 Å². The summed E-state index contributed by atoms with van der Waals surface area (Å²) in [7, 11) is 0. The number of rotatable bonds is 63. The van der Waals surface area contributed by atoms with Gasteiger partial charge in [-0.3, -0.25) is 47.9 Å². The summed E-state index contributed by atoms with van der Waals surface area (Å²) in [5, 5.41) is 66.5. The molecule has 0 saturated carbocycles. The molecule has 0 unspecified atom stereocenters. The van der Waals surface area contributed by atoms with Crippen LogP contribution in [0.2, 0.25) is 0 Å². The van der Waals surface area contributed by atoms with Crippen molar-refractivity contribution in [2.45, 2.75) is 198 Å². The predicted molar refractivity (Wildman–Crippen MR) is 329 cm³/mol. The maximum Gasteiger partial charge on any atom is 0.326 e. The van der Waals surface area contributed by atoms with Crippen LogP contribution in [0.3, 0.4) is 0 Å². The quantitative estimate of drug-likeness (QED) is 0.0363. The van der Waals surface area contributed by atoms with Gasteiger partial charge in [-0.2, -0.15) is 0 Å². The van der Waals surface area contributed by atoms with Crippen molar-refractivity contribution in [3.8, 4) is 0 Å². The number of Topliss-reactive ketones (excluding diaryl/α,β-unsaturated/α-hetero) is 1. The van der Waals surface area contributed by atoms with Gasteiger partial charge in [0.15, 0.2) is 5.78 Å². The first kappa shape index (κ1) is 85.5. The molecule has 0 aromatic heterocycles. The van der Waals surface area contributed by atoms with Crippen LogP contribution in [0.5, 0.6) is 0 Å². The number of ketones is 1. The maximum absolute atomic E-state index is 12.7. The molecule has 0 spiro atoms. The highest BCUT2D eigenvalue weighted by molar-refractivity contribution is 5.89. The van der Waals surface area contributed by atoms with Gasteiger partial charge in [-0.25, -0.2) is 19.2 Å². The fraction of sp³-hybridized carbons (Fsp3) is 0.767. The Morgan fingerprint density at radius 1 is 0.290 bits per heavy atom. The van der Waals surface area contributed by atoms with Gasteiger partial charge in [0, 0.05) is 58.2 Å². The molecule has 0 saturated heterocycles. The Morgan fingerprint density at radius 3 is 0.849 bits per heavy atom. The van der Waals surface area contributed by atoms with Crippen molar-refractivity contribution in [2.24, 2.45) is 0 Å². The number of ether oxygens (including phenoxy) is 6. The van der Waals surface area contributed by atoms with E-state index in [0.717, 1.165) is 83.5 Å². The second-order valence-electron chi connectivity index (χ2n) is 21.8. The molecule has 0 aromatic carbocycles. The molecular formula is C60H102N8O25. The highest BCUT2D eigenvalue weighted by atomic mass is 16.5. The van der Waals surface area contributed by atoms with E-state index in [1.54, 1.807) is 6.92 Å². The van der Waals surface area contributed by atoms with Crippen LogP contribution in [-0.4, -0.2) is 238 Å². The topological polar surface area (TPSA) is 492 Å². The summed E-state index contributed by atoms with van der Waals surface area (Å²) in [4.78, 5) is 168. The fourth-order valence-corrected chi connectivity index (χ4v) is 8.40. The van der Waals surface area contributed by atoms with Crippen molar-refractivity contribution < 1.29 is 121 Å². The van der Waals surface area contributed by atoms with E-state index < -0.39 is 134 Å². The third-order valence-corrected chi connectivity index (χ3v) is 13.7. The lowest BCUT2D eigenvalue weighted by molar-refractivity contribution is -0.144. The number of carbonyl (C=O) groups is 14. The van der Waals surface area contributed by atoms with Gasteiger partial charge in [0.2, 0.25) is 47.3 Å². The summed E-state index contributed by atoms with van der Waals surface area (Å²) < 4.78 is 31.7. The summed E-state index contributed by atoms with van der Waals surface area (Å²) >= 11 is 0. The molecular weight excluding hydrogens is 1230 g/mol. The highest BCUT2D eigenvalue weighted by Crippen LogP contribution is 2.14. The first-order valence-electron chi connectivity index (χ1n) is 31.8. The largest absolute Gasteiger partial charge is 0.481 e. The first-order valence-corrected chi connectivity index (χ1v) is 31.8. The van der Waals surface area contributed by atoms with E-state index in [1.165, 1.54) is 6.92 Å². The molecule has 8 amide bonds. The molecule has 0 heterocycles. The zero-order valence-electron chi connectivity index (χ0n) is 53.9. The first-order chi connectivity index (χ1) is 44.4. The molecule has 0 aliphatic rings. The lowest BCUT2D eigenvalue weighted by atomic mass is 10.0. The zero-order valence-corrected chi connectivity index (χ0v) is 53.9. The highest BCUT2D eigenvalue weighted by Gasteiger charge is 2.28. The molecule has 13 N–H and O–H groups in total. The minimum absolute atomic E-state index is 0.0315. The van der Waals surface area contributed by atoms with Crippen LogP contribution < -0.4 is 42.5 Å². The Hall–Kier alpha value is -7.46. The Bertz CT molecular complexity index is 2260. The summed E-state index contributed by atoms with van der Waals surface area (Å²) in [6.45, 7) is 3.90. The molecule has 0 rings (SSSR count). The number of carboxylic acids is 5. The van der Waals surface area contributed by atoms with Crippen LogP contribution in [-0.2, 0) is 95.5 Å². The number of carboxylic acid groups (broad SMARTS) is 5. The van der Waals surface area contributed by atoms with Crippen LogP contribution in [0.25, 0.3) is 0 Å². The standard InChI is InChI=1S/C60H102N8O25/c1-42(43(2)69)64-55(77)41-93-38-35-90-32-29-63-54(76)40-92-37-34-89-31-28-62-53(75)39-91-36-33-88-30-27-61-48(70)23-19-44(57(80)81)66-50(72)25-21-46(59(84)85)68-52(74)26-22-47(60(86)87)67-51(73)24-20-45(58(82)83)65-49(71)17-15-13-11-9-7-5-3-4-6-8-10-12-14-16-18-56(78)79/h42,44-47H,3-41H2,1-2H3,(H,61,70)(H,62,75)(H,63,76)(H,64,77)(H,65,71)(H,66,72)(H,67,73)(H,68,74)(H,78,79)(H,80,81)(H,82,83)(H,84,85)(H,86,87)/t42-,44-,45+,46+,47-/m0/s1. The number of aliphatic carboxylic acids is 5. The van der Waals surface area contributed by atoms with E-state index in [0.29, 0.717) is 6.42 Å². The third-order valence-electron chi connectivity index (χ3n) is 13.7. The van der Waals surface area contributed by atoms with Crippen molar-refractivity contribution in [1.29, 1.82) is 0 Å². The predicted octanol–water partition coefficient (Wildman–Crippen LogP) is 0.253. The molecule has 33 nitrogen and oxygen atoms in total. The molecule has 0 aromatic rings. The van der Waals surface area contributed by atoms with Crippen LogP contribution in [0, 0.1) is 0 Å². The van der Waals surface area contributed by atoms with Crippen LogP contribution in [0.15, 0.2) is 0 Å². The van der Waals surface area contributed by atoms with E-state index in [4.69, 9.17) is 33.5 Å².